The fraction of sp³-hybridized carbons (Fsp3) is 0.389. The molecule has 0 aliphatic heterocycles. The molecule has 1 N–H and O–H groups in total. The molecule has 0 fully saturated rings. The van der Waals surface area contributed by atoms with Gasteiger partial charge in [0.15, 0.2) is 23.3 Å². The molecule has 0 saturated carbocycles. The van der Waals surface area contributed by atoms with Crippen LogP contribution in [0.5, 0.6) is 0 Å². The van der Waals surface area contributed by atoms with E-state index < -0.39 is 40.4 Å². The molecule has 0 bridgehead atoms. The monoisotopic (exact) mass is 356 g/mol. The zero-order chi connectivity index (χ0) is 18.6. The number of hydrogen-bond acceptors (Lipinski definition) is 3. The highest BCUT2D eigenvalue weighted by Gasteiger charge is 2.26. The Morgan fingerprint density at radius 1 is 1.04 bits per heavy atom. The Kier molecular flexibility index (Phi) is 6.50. The third-order valence-electron chi connectivity index (χ3n) is 4.22. The van der Waals surface area contributed by atoms with Gasteiger partial charge in [-0.2, -0.15) is 0 Å². The molecule has 1 unspecified atom stereocenters. The van der Waals surface area contributed by atoms with Gasteiger partial charge in [0, 0.05) is 36.5 Å². The largest absolute Gasteiger partial charge is 0.395 e. The molecule has 25 heavy (non-hydrogen) atoms. The lowest BCUT2D eigenvalue weighted by Crippen LogP contribution is -2.37. The quantitative estimate of drug-likeness (QED) is 0.607. The zero-order valence-electron chi connectivity index (χ0n) is 14.1. The molecular formula is C18H20F4N2O. The van der Waals surface area contributed by atoms with Gasteiger partial charge in [-0.3, -0.25) is 9.88 Å². The van der Waals surface area contributed by atoms with E-state index in [2.05, 4.69) is 4.98 Å². The Morgan fingerprint density at radius 2 is 1.68 bits per heavy atom. The summed E-state index contributed by atoms with van der Waals surface area (Å²) in [6.07, 6.45) is 2.06. The van der Waals surface area contributed by atoms with Crippen molar-refractivity contribution in [3.63, 3.8) is 0 Å². The fourth-order valence-electron chi connectivity index (χ4n) is 2.65. The van der Waals surface area contributed by atoms with Gasteiger partial charge >= 0.3 is 0 Å². The summed E-state index contributed by atoms with van der Waals surface area (Å²) in [5.74, 6) is -5.61. The Hall–Kier alpha value is -1.99. The van der Waals surface area contributed by atoms with E-state index in [0.717, 1.165) is 6.92 Å². The van der Waals surface area contributed by atoms with Crippen molar-refractivity contribution in [1.82, 2.24) is 9.88 Å². The molecule has 0 aliphatic carbocycles. The predicted octanol–water partition coefficient (Wildman–Crippen LogP) is 3.72. The summed E-state index contributed by atoms with van der Waals surface area (Å²) >= 11 is 0. The fourth-order valence-corrected chi connectivity index (χ4v) is 2.65. The summed E-state index contributed by atoms with van der Waals surface area (Å²) in [5.41, 5.74) is -0.768. The Balaban J connectivity index is 2.40. The van der Waals surface area contributed by atoms with Crippen LogP contribution in [-0.2, 0) is 13.1 Å². The van der Waals surface area contributed by atoms with Crippen LogP contribution in [0.3, 0.4) is 0 Å². The van der Waals surface area contributed by atoms with Crippen LogP contribution in [0.4, 0.5) is 17.6 Å². The van der Waals surface area contributed by atoms with Crippen LogP contribution in [0.2, 0.25) is 0 Å². The van der Waals surface area contributed by atoms with Crippen molar-refractivity contribution < 1.29 is 22.7 Å². The minimum atomic E-state index is -1.41. The van der Waals surface area contributed by atoms with Crippen molar-refractivity contribution in [2.24, 2.45) is 0 Å². The van der Waals surface area contributed by atoms with Crippen LogP contribution >= 0.6 is 0 Å². The number of benzene rings is 1. The van der Waals surface area contributed by atoms with Crippen LogP contribution in [0.1, 0.15) is 30.2 Å². The first-order valence-corrected chi connectivity index (χ1v) is 7.96. The lowest BCUT2D eigenvalue weighted by molar-refractivity contribution is 0.102. The Morgan fingerprint density at radius 3 is 2.16 bits per heavy atom. The van der Waals surface area contributed by atoms with E-state index in [0.29, 0.717) is 12.1 Å². The summed E-state index contributed by atoms with van der Waals surface area (Å²) in [6.45, 7) is 2.31. The van der Waals surface area contributed by atoms with E-state index in [4.69, 9.17) is 0 Å². The van der Waals surface area contributed by atoms with Crippen molar-refractivity contribution >= 4 is 0 Å². The molecule has 0 saturated heterocycles. The van der Waals surface area contributed by atoms with Crippen LogP contribution in [0, 0.1) is 30.2 Å². The number of aromatic nitrogens is 1. The van der Waals surface area contributed by atoms with Gasteiger partial charge in [-0.05, 0) is 25.5 Å². The lowest BCUT2D eigenvalue weighted by atomic mass is 10.1. The van der Waals surface area contributed by atoms with Crippen LogP contribution in [0.25, 0.3) is 0 Å². The Labute approximate surface area is 143 Å². The molecule has 2 rings (SSSR count). The van der Waals surface area contributed by atoms with E-state index in [-0.39, 0.29) is 19.7 Å². The average Bonchev–Trinajstić information content (AvgIpc) is 2.63. The third kappa shape index (κ3) is 4.16. The molecule has 3 nitrogen and oxygen atoms in total. The van der Waals surface area contributed by atoms with Gasteiger partial charge in [0.25, 0.3) is 0 Å². The molecule has 7 heteroatoms. The first kappa shape index (κ1) is 19.3. The van der Waals surface area contributed by atoms with Crippen molar-refractivity contribution in [3.05, 3.63) is 64.5 Å². The molecule has 0 aliphatic rings. The number of hydrogen-bond donors (Lipinski definition) is 1. The second-order valence-electron chi connectivity index (χ2n) is 5.83. The maximum absolute atomic E-state index is 14.2. The van der Waals surface area contributed by atoms with Gasteiger partial charge in [-0.25, -0.2) is 17.6 Å². The van der Waals surface area contributed by atoms with E-state index in [1.165, 1.54) is 0 Å². The molecule has 1 atom stereocenters. The molecule has 2 aromatic rings. The number of aliphatic hydroxyl groups excluding tert-OH is 1. The van der Waals surface area contributed by atoms with Gasteiger partial charge in [0.2, 0.25) is 0 Å². The molecule has 136 valence electrons. The number of pyridine rings is 1. The molecule has 1 heterocycles. The highest BCUT2D eigenvalue weighted by atomic mass is 19.2. The summed E-state index contributed by atoms with van der Waals surface area (Å²) in [6, 6.07) is 4.77. The summed E-state index contributed by atoms with van der Waals surface area (Å²) in [5, 5.41) is 9.55. The minimum absolute atomic E-state index is 0.176. The highest BCUT2D eigenvalue weighted by molar-refractivity contribution is 5.29. The Bertz CT molecular complexity index is 692. The minimum Gasteiger partial charge on any atom is -0.395 e. The van der Waals surface area contributed by atoms with Crippen LogP contribution in [0.15, 0.2) is 24.4 Å². The summed E-state index contributed by atoms with van der Waals surface area (Å²) in [4.78, 5) is 5.70. The average molecular weight is 356 g/mol. The standard InChI is InChI=1S/C18H20F4N2O/c1-3-13(10-25)24(8-12-6-4-5-7-23-12)9-14-17(21)15(19)11(2)16(20)18(14)22/h4-7,13,25H,3,8-10H2,1-2H3. The van der Waals surface area contributed by atoms with E-state index in [9.17, 15) is 22.7 Å². The second kappa shape index (κ2) is 8.40. The molecule has 1 aromatic heterocycles. The first-order chi connectivity index (χ1) is 11.9. The van der Waals surface area contributed by atoms with E-state index in [1.54, 1.807) is 36.2 Å². The van der Waals surface area contributed by atoms with Crippen molar-refractivity contribution in [1.29, 1.82) is 0 Å². The smallest absolute Gasteiger partial charge is 0.166 e. The summed E-state index contributed by atoms with van der Waals surface area (Å²) in [7, 11) is 0. The van der Waals surface area contributed by atoms with Gasteiger partial charge < -0.3 is 5.11 Å². The van der Waals surface area contributed by atoms with E-state index in [1.807, 2.05) is 0 Å². The second-order valence-corrected chi connectivity index (χ2v) is 5.83. The first-order valence-electron chi connectivity index (χ1n) is 7.96. The SMILES string of the molecule is CCC(CO)N(Cc1ccccn1)Cc1c(F)c(F)c(C)c(F)c1F. The van der Waals surface area contributed by atoms with Crippen LogP contribution in [-0.4, -0.2) is 27.6 Å². The van der Waals surface area contributed by atoms with Crippen molar-refractivity contribution in [2.45, 2.75) is 39.4 Å². The summed E-state index contributed by atoms with van der Waals surface area (Å²) < 4.78 is 56.0. The van der Waals surface area contributed by atoms with Gasteiger partial charge in [-0.15, -0.1) is 0 Å². The highest BCUT2D eigenvalue weighted by Crippen LogP contribution is 2.26. The van der Waals surface area contributed by atoms with Crippen molar-refractivity contribution in [3.8, 4) is 0 Å². The topological polar surface area (TPSA) is 36.4 Å². The molecular weight excluding hydrogens is 336 g/mol. The zero-order valence-corrected chi connectivity index (χ0v) is 14.1. The van der Waals surface area contributed by atoms with Gasteiger partial charge in [0.1, 0.15) is 0 Å². The number of halogens is 4. The third-order valence-corrected chi connectivity index (χ3v) is 4.22. The molecule has 0 amide bonds. The number of rotatable bonds is 7. The van der Waals surface area contributed by atoms with E-state index >= 15 is 0 Å². The van der Waals surface area contributed by atoms with Gasteiger partial charge in [-0.1, -0.05) is 13.0 Å². The normalized spacial score (nSPS) is 12.6. The number of nitrogens with zero attached hydrogens (tertiary/aromatic N) is 2. The van der Waals surface area contributed by atoms with Gasteiger partial charge in [0.05, 0.1) is 12.3 Å². The van der Waals surface area contributed by atoms with Crippen LogP contribution < -0.4 is 0 Å². The maximum atomic E-state index is 14.2. The molecule has 1 aromatic carbocycles. The predicted molar refractivity (Wildman–Crippen MR) is 85.7 cm³/mol. The maximum Gasteiger partial charge on any atom is 0.166 e. The lowest BCUT2D eigenvalue weighted by Gasteiger charge is -2.30. The van der Waals surface area contributed by atoms with Crippen molar-refractivity contribution in [2.75, 3.05) is 6.61 Å². The molecule has 0 radical (unpaired) electrons. The number of aliphatic hydroxyl groups is 1. The molecule has 0 spiro atoms.